The van der Waals surface area contributed by atoms with Gasteiger partial charge < -0.3 is 5.73 Å². The number of sulfonamides is 1. The van der Waals surface area contributed by atoms with Crippen molar-refractivity contribution in [2.75, 3.05) is 10.5 Å². The topological polar surface area (TPSA) is 90.0 Å². The van der Waals surface area contributed by atoms with E-state index in [1.165, 1.54) is 10.7 Å². The minimum absolute atomic E-state index is 0.0770. The normalized spacial score (nSPS) is 11.4. The molecule has 0 aliphatic carbocycles. The number of benzene rings is 1. The molecular weight excluding hydrogens is 320 g/mol. The third kappa shape index (κ3) is 2.65. The molecule has 0 bridgehead atoms. The van der Waals surface area contributed by atoms with Crippen molar-refractivity contribution in [1.82, 2.24) is 9.78 Å². The smallest absolute Gasteiger partial charge is 0.264 e. The van der Waals surface area contributed by atoms with E-state index < -0.39 is 10.0 Å². The Balaban J connectivity index is 2.39. The fraction of sp³-hybridized carbons (Fsp3) is 0.100. The monoisotopic (exact) mass is 330 g/mol. The largest absolute Gasteiger partial charge is 0.399 e. The first-order valence-electron chi connectivity index (χ1n) is 4.96. The molecule has 2 aromatic rings. The van der Waals surface area contributed by atoms with Gasteiger partial charge in [-0.2, -0.15) is 5.10 Å². The van der Waals surface area contributed by atoms with Gasteiger partial charge in [-0.05, 0) is 34.1 Å². The molecule has 0 aliphatic heterocycles. The van der Waals surface area contributed by atoms with Crippen molar-refractivity contribution in [1.29, 1.82) is 0 Å². The van der Waals surface area contributed by atoms with Crippen molar-refractivity contribution in [3.63, 3.8) is 0 Å². The highest BCUT2D eigenvalue weighted by molar-refractivity contribution is 9.10. The minimum atomic E-state index is -3.71. The molecule has 6 nitrogen and oxygen atoms in total. The van der Waals surface area contributed by atoms with Gasteiger partial charge in [0, 0.05) is 29.5 Å². The Morgan fingerprint density at radius 2 is 2.11 bits per heavy atom. The number of hydrogen-bond donors (Lipinski definition) is 2. The van der Waals surface area contributed by atoms with Crippen LogP contribution in [0.2, 0.25) is 0 Å². The first-order valence-corrected chi connectivity index (χ1v) is 7.23. The molecule has 0 unspecified atom stereocenters. The zero-order valence-electron chi connectivity index (χ0n) is 9.46. The molecule has 3 N–H and O–H groups in total. The number of halogens is 1. The van der Waals surface area contributed by atoms with Crippen LogP contribution < -0.4 is 10.5 Å². The average molecular weight is 331 g/mol. The number of hydrogen-bond acceptors (Lipinski definition) is 4. The highest BCUT2D eigenvalue weighted by atomic mass is 79.9. The van der Waals surface area contributed by atoms with E-state index in [2.05, 4.69) is 25.8 Å². The number of rotatable bonds is 3. The van der Waals surface area contributed by atoms with Crippen LogP contribution in [0.1, 0.15) is 0 Å². The average Bonchev–Trinajstić information content (AvgIpc) is 2.66. The highest BCUT2D eigenvalue weighted by Gasteiger charge is 2.19. The van der Waals surface area contributed by atoms with E-state index in [1.54, 1.807) is 31.4 Å². The van der Waals surface area contributed by atoms with Crippen molar-refractivity contribution in [2.24, 2.45) is 7.05 Å². The summed E-state index contributed by atoms with van der Waals surface area (Å²) in [6.45, 7) is 0. The quantitative estimate of drug-likeness (QED) is 0.836. The van der Waals surface area contributed by atoms with Crippen LogP contribution in [-0.2, 0) is 17.1 Å². The van der Waals surface area contributed by atoms with Crippen molar-refractivity contribution in [3.05, 3.63) is 34.9 Å². The van der Waals surface area contributed by atoms with Crippen LogP contribution >= 0.6 is 15.9 Å². The van der Waals surface area contributed by atoms with Crippen molar-refractivity contribution in [2.45, 2.75) is 4.90 Å². The van der Waals surface area contributed by atoms with Crippen LogP contribution in [0.3, 0.4) is 0 Å². The molecule has 1 heterocycles. The van der Waals surface area contributed by atoms with Crippen LogP contribution in [0.5, 0.6) is 0 Å². The lowest BCUT2D eigenvalue weighted by Gasteiger charge is -2.08. The lowest BCUT2D eigenvalue weighted by atomic mass is 10.3. The first kappa shape index (κ1) is 12.9. The number of anilines is 2. The van der Waals surface area contributed by atoms with Gasteiger partial charge >= 0.3 is 0 Å². The fourth-order valence-corrected chi connectivity index (χ4v) is 3.38. The molecule has 1 aromatic heterocycles. The Kier molecular flexibility index (Phi) is 3.31. The molecule has 0 aliphatic rings. The van der Waals surface area contributed by atoms with Crippen LogP contribution in [0.4, 0.5) is 11.5 Å². The second-order valence-corrected chi connectivity index (χ2v) is 6.18. The summed E-state index contributed by atoms with van der Waals surface area (Å²) in [5, 5.41) is 3.95. The van der Waals surface area contributed by atoms with E-state index in [4.69, 9.17) is 5.73 Å². The summed E-state index contributed by atoms with van der Waals surface area (Å²) >= 11 is 3.18. The number of nitrogens with zero attached hydrogens (tertiary/aromatic N) is 2. The van der Waals surface area contributed by atoms with Gasteiger partial charge in [-0.25, -0.2) is 8.42 Å². The number of nitrogens with one attached hydrogen (secondary N) is 1. The summed E-state index contributed by atoms with van der Waals surface area (Å²) < 4.78 is 28.6. The summed E-state index contributed by atoms with van der Waals surface area (Å²) in [4.78, 5) is 0.0770. The van der Waals surface area contributed by atoms with Crippen LogP contribution in [0, 0.1) is 0 Å². The van der Waals surface area contributed by atoms with Crippen LogP contribution in [0.15, 0.2) is 39.8 Å². The highest BCUT2D eigenvalue weighted by Crippen LogP contribution is 2.25. The Morgan fingerprint density at radius 3 is 2.72 bits per heavy atom. The van der Waals surface area contributed by atoms with Gasteiger partial charge in [-0.3, -0.25) is 9.40 Å². The summed E-state index contributed by atoms with van der Waals surface area (Å²) in [5.41, 5.74) is 5.96. The maximum atomic E-state index is 12.1. The zero-order chi connectivity index (χ0) is 13.3. The van der Waals surface area contributed by atoms with Crippen molar-refractivity contribution in [3.8, 4) is 0 Å². The Morgan fingerprint density at radius 1 is 1.39 bits per heavy atom. The van der Waals surface area contributed by atoms with E-state index >= 15 is 0 Å². The van der Waals surface area contributed by atoms with Gasteiger partial charge in [-0.1, -0.05) is 0 Å². The predicted molar refractivity (Wildman–Crippen MR) is 72.6 cm³/mol. The molecule has 0 fully saturated rings. The van der Waals surface area contributed by atoms with Gasteiger partial charge in [0.2, 0.25) is 0 Å². The molecule has 0 atom stereocenters. The Bertz CT molecular complexity index is 681. The van der Waals surface area contributed by atoms with E-state index in [1.807, 2.05) is 0 Å². The number of nitrogen functional groups attached to an aromatic ring is 1. The van der Waals surface area contributed by atoms with Crippen molar-refractivity contribution >= 4 is 37.5 Å². The van der Waals surface area contributed by atoms with Crippen LogP contribution in [0.25, 0.3) is 0 Å². The third-order valence-electron chi connectivity index (χ3n) is 2.20. The van der Waals surface area contributed by atoms with Crippen molar-refractivity contribution < 1.29 is 8.42 Å². The molecule has 18 heavy (non-hydrogen) atoms. The van der Waals surface area contributed by atoms with Gasteiger partial charge in [0.1, 0.15) is 4.90 Å². The second-order valence-electron chi connectivity index (χ2n) is 3.67. The molecule has 0 saturated heterocycles. The molecule has 1 aromatic carbocycles. The number of aryl methyl sites for hydroxylation is 1. The maximum absolute atomic E-state index is 12.1. The van der Waals surface area contributed by atoms with Crippen LogP contribution in [-0.4, -0.2) is 18.2 Å². The van der Waals surface area contributed by atoms with Gasteiger partial charge in [0.05, 0.1) is 0 Å². The predicted octanol–water partition coefficient (Wildman–Crippen LogP) is 1.57. The Hall–Kier alpha value is -1.54. The lowest BCUT2D eigenvalue weighted by Crippen LogP contribution is -2.14. The van der Waals surface area contributed by atoms with E-state index in [-0.39, 0.29) is 10.7 Å². The van der Waals surface area contributed by atoms with Gasteiger partial charge in [0.15, 0.2) is 5.82 Å². The SMILES string of the molecule is Cn1ccc(NS(=O)(=O)c2cc(N)ccc2Br)n1. The summed E-state index contributed by atoms with van der Waals surface area (Å²) in [7, 11) is -2.00. The molecular formula is C10H11BrN4O2S. The lowest BCUT2D eigenvalue weighted by molar-refractivity contribution is 0.600. The summed E-state index contributed by atoms with van der Waals surface area (Å²) in [6, 6.07) is 6.15. The zero-order valence-corrected chi connectivity index (χ0v) is 11.9. The molecule has 8 heteroatoms. The summed E-state index contributed by atoms with van der Waals surface area (Å²) in [6.07, 6.45) is 1.65. The second kappa shape index (κ2) is 4.62. The van der Waals surface area contributed by atoms with E-state index in [0.717, 1.165) is 0 Å². The third-order valence-corrected chi connectivity index (χ3v) is 4.55. The molecule has 96 valence electrons. The van der Waals surface area contributed by atoms with Gasteiger partial charge in [-0.15, -0.1) is 0 Å². The minimum Gasteiger partial charge on any atom is -0.399 e. The molecule has 2 rings (SSSR count). The molecule has 0 amide bonds. The van der Waals surface area contributed by atoms with E-state index in [9.17, 15) is 8.42 Å². The molecule has 0 spiro atoms. The summed E-state index contributed by atoms with van der Waals surface area (Å²) in [5.74, 6) is 0.256. The van der Waals surface area contributed by atoms with E-state index in [0.29, 0.717) is 10.2 Å². The fourth-order valence-electron chi connectivity index (χ4n) is 1.39. The first-order chi connectivity index (χ1) is 8.38. The maximum Gasteiger partial charge on any atom is 0.264 e. The Labute approximate surface area is 113 Å². The number of nitrogens with two attached hydrogens (primary N) is 1. The molecule has 0 radical (unpaired) electrons. The van der Waals surface area contributed by atoms with Gasteiger partial charge in [0.25, 0.3) is 10.0 Å². The molecule has 0 saturated carbocycles. The standard InChI is InChI=1S/C10H11BrN4O2S/c1-15-5-4-10(13-15)14-18(16,17)9-6-7(12)2-3-8(9)11/h2-6H,12H2,1H3,(H,13,14). The number of aromatic nitrogens is 2.